The number of aliphatic hydroxyl groups excluding tert-OH is 1. The second-order valence-corrected chi connectivity index (χ2v) is 5.19. The van der Waals surface area contributed by atoms with Crippen molar-refractivity contribution in [2.45, 2.75) is 19.1 Å². The molecule has 1 aliphatic rings. The summed E-state index contributed by atoms with van der Waals surface area (Å²) in [6, 6.07) is 1.99. The zero-order valence-electron chi connectivity index (χ0n) is 9.37. The number of hydrogen-bond donors (Lipinski definition) is 2. The van der Waals surface area contributed by atoms with Crippen LogP contribution in [0.15, 0.2) is 17.5 Å². The van der Waals surface area contributed by atoms with Crippen molar-refractivity contribution in [2.75, 3.05) is 13.1 Å². The zero-order valence-corrected chi connectivity index (χ0v) is 10.2. The van der Waals surface area contributed by atoms with E-state index in [1.807, 2.05) is 11.4 Å². The summed E-state index contributed by atoms with van der Waals surface area (Å²) in [4.78, 5) is 13.8. The molecule has 17 heavy (non-hydrogen) atoms. The van der Waals surface area contributed by atoms with E-state index in [9.17, 15) is 9.90 Å². The van der Waals surface area contributed by atoms with Crippen molar-refractivity contribution in [1.82, 2.24) is 4.90 Å². The van der Waals surface area contributed by atoms with Crippen molar-refractivity contribution < 1.29 is 15.0 Å². The molecule has 0 radical (unpaired) electrons. The Morgan fingerprint density at radius 2 is 2.47 bits per heavy atom. The first kappa shape index (κ1) is 12.3. The van der Waals surface area contributed by atoms with Crippen molar-refractivity contribution in [3.8, 4) is 0 Å². The van der Waals surface area contributed by atoms with E-state index in [4.69, 9.17) is 5.11 Å². The molecule has 0 aliphatic carbocycles. The van der Waals surface area contributed by atoms with Gasteiger partial charge in [-0.05, 0) is 29.5 Å². The van der Waals surface area contributed by atoms with Gasteiger partial charge in [-0.2, -0.15) is 0 Å². The summed E-state index contributed by atoms with van der Waals surface area (Å²) in [5.74, 6) is -0.930. The second-order valence-electron chi connectivity index (χ2n) is 4.20. The monoisotopic (exact) mass is 253 g/mol. The first-order valence-corrected chi connectivity index (χ1v) is 6.40. The Bertz CT molecular complexity index is 427. The topological polar surface area (TPSA) is 60.8 Å². The molecule has 1 aromatic rings. The molecule has 0 bridgehead atoms. The van der Waals surface area contributed by atoms with Gasteiger partial charge in [0, 0.05) is 30.6 Å². The third kappa shape index (κ3) is 3.66. The van der Waals surface area contributed by atoms with Crippen LogP contribution in [-0.2, 0) is 11.3 Å². The lowest BCUT2D eigenvalue weighted by Crippen LogP contribution is -2.20. The van der Waals surface area contributed by atoms with E-state index in [0.717, 1.165) is 37.7 Å². The molecule has 0 aromatic carbocycles. The average molecular weight is 253 g/mol. The Balaban J connectivity index is 1.92. The van der Waals surface area contributed by atoms with Crippen LogP contribution in [0.1, 0.15) is 16.9 Å². The average Bonchev–Trinajstić information content (AvgIpc) is 2.86. The molecule has 0 amide bonds. The largest absolute Gasteiger partial charge is 0.478 e. The Labute approximate surface area is 104 Å². The number of carbonyl (C=O) groups is 1. The lowest BCUT2D eigenvalue weighted by Gasteiger charge is -2.12. The lowest BCUT2D eigenvalue weighted by molar-refractivity contribution is -0.131. The van der Waals surface area contributed by atoms with Gasteiger partial charge in [-0.3, -0.25) is 4.90 Å². The molecule has 1 unspecified atom stereocenters. The maximum absolute atomic E-state index is 10.4. The molecule has 1 aromatic heterocycles. The number of aliphatic carboxylic acids is 1. The Morgan fingerprint density at radius 3 is 3.12 bits per heavy atom. The number of thiophene rings is 1. The van der Waals surface area contributed by atoms with E-state index in [-0.39, 0.29) is 6.10 Å². The van der Waals surface area contributed by atoms with Gasteiger partial charge in [0.2, 0.25) is 0 Å². The zero-order chi connectivity index (χ0) is 12.3. The van der Waals surface area contributed by atoms with Crippen molar-refractivity contribution in [3.63, 3.8) is 0 Å². The number of likely N-dealkylation sites (tertiary alicyclic amines) is 1. The van der Waals surface area contributed by atoms with Gasteiger partial charge in [-0.1, -0.05) is 0 Å². The van der Waals surface area contributed by atoms with Gasteiger partial charge in [0.15, 0.2) is 0 Å². The van der Waals surface area contributed by atoms with E-state index < -0.39 is 5.97 Å². The van der Waals surface area contributed by atoms with Gasteiger partial charge in [0.05, 0.1) is 6.10 Å². The molecule has 4 nitrogen and oxygen atoms in total. The molecule has 2 N–H and O–H groups in total. The third-order valence-corrected chi connectivity index (χ3v) is 3.66. The van der Waals surface area contributed by atoms with Crippen molar-refractivity contribution in [2.24, 2.45) is 0 Å². The van der Waals surface area contributed by atoms with Crippen molar-refractivity contribution in [3.05, 3.63) is 28.0 Å². The Morgan fingerprint density at radius 1 is 1.65 bits per heavy atom. The molecule has 5 heteroatoms. The van der Waals surface area contributed by atoms with Gasteiger partial charge in [0.1, 0.15) is 0 Å². The van der Waals surface area contributed by atoms with E-state index >= 15 is 0 Å². The molecule has 1 saturated heterocycles. The highest BCUT2D eigenvalue weighted by Gasteiger charge is 2.20. The van der Waals surface area contributed by atoms with Crippen LogP contribution >= 0.6 is 11.3 Å². The van der Waals surface area contributed by atoms with Crippen LogP contribution in [-0.4, -0.2) is 40.3 Å². The summed E-state index contributed by atoms with van der Waals surface area (Å²) >= 11 is 1.62. The number of β-amino-alcohol motifs (C(OH)–C–C–N with tert-alkyl or cyclic N) is 1. The summed E-state index contributed by atoms with van der Waals surface area (Å²) in [5.41, 5.74) is 0.923. The second kappa shape index (κ2) is 5.44. The highest BCUT2D eigenvalue weighted by Crippen LogP contribution is 2.20. The van der Waals surface area contributed by atoms with Crippen LogP contribution in [0, 0.1) is 0 Å². The standard InChI is InChI=1S/C12H15NO3S/c14-10-3-4-13(6-10)7-11-5-9(8-17-11)1-2-12(15)16/h1-2,5,8,10,14H,3-4,6-7H2,(H,15,16). The molecular weight excluding hydrogens is 238 g/mol. The van der Waals surface area contributed by atoms with E-state index in [1.165, 1.54) is 4.88 Å². The summed E-state index contributed by atoms with van der Waals surface area (Å²) in [7, 11) is 0. The smallest absolute Gasteiger partial charge is 0.328 e. The van der Waals surface area contributed by atoms with Crippen LogP contribution in [0.4, 0.5) is 0 Å². The van der Waals surface area contributed by atoms with Gasteiger partial charge < -0.3 is 10.2 Å². The van der Waals surface area contributed by atoms with Crippen LogP contribution in [0.25, 0.3) is 6.08 Å². The van der Waals surface area contributed by atoms with Crippen LogP contribution < -0.4 is 0 Å². The van der Waals surface area contributed by atoms with E-state index in [1.54, 1.807) is 17.4 Å². The predicted molar refractivity (Wildman–Crippen MR) is 66.9 cm³/mol. The quantitative estimate of drug-likeness (QED) is 0.797. The summed E-state index contributed by atoms with van der Waals surface area (Å²) in [5, 5.41) is 19.9. The molecule has 1 fully saturated rings. The normalized spacial score (nSPS) is 21.4. The Hall–Kier alpha value is -1.17. The predicted octanol–water partition coefficient (Wildman–Crippen LogP) is 1.41. The minimum atomic E-state index is -0.930. The van der Waals surface area contributed by atoms with Crippen molar-refractivity contribution in [1.29, 1.82) is 0 Å². The van der Waals surface area contributed by atoms with Crippen LogP contribution in [0.5, 0.6) is 0 Å². The molecule has 2 rings (SSSR count). The number of nitrogens with zero attached hydrogens (tertiary/aromatic N) is 1. The first-order valence-electron chi connectivity index (χ1n) is 5.52. The van der Waals surface area contributed by atoms with E-state index in [2.05, 4.69) is 4.90 Å². The third-order valence-electron chi connectivity index (χ3n) is 2.72. The number of carboxylic acid groups (broad SMARTS) is 1. The number of hydrogen-bond acceptors (Lipinski definition) is 4. The molecule has 92 valence electrons. The summed E-state index contributed by atoms with van der Waals surface area (Å²) < 4.78 is 0. The molecule has 1 atom stereocenters. The SMILES string of the molecule is O=C(O)C=Cc1csc(CN2CCC(O)C2)c1. The molecule has 1 aliphatic heterocycles. The van der Waals surface area contributed by atoms with Crippen molar-refractivity contribution >= 4 is 23.4 Å². The fraction of sp³-hybridized carbons (Fsp3) is 0.417. The molecule has 2 heterocycles. The molecular formula is C12H15NO3S. The minimum Gasteiger partial charge on any atom is -0.478 e. The van der Waals surface area contributed by atoms with Gasteiger partial charge >= 0.3 is 5.97 Å². The maximum atomic E-state index is 10.4. The molecule has 0 saturated carbocycles. The van der Waals surface area contributed by atoms with Crippen LogP contribution in [0.3, 0.4) is 0 Å². The molecule has 0 spiro atoms. The first-order chi connectivity index (χ1) is 8.13. The highest BCUT2D eigenvalue weighted by molar-refractivity contribution is 7.10. The van der Waals surface area contributed by atoms with Crippen LogP contribution in [0.2, 0.25) is 0 Å². The summed E-state index contributed by atoms with van der Waals surface area (Å²) in [6.45, 7) is 2.50. The maximum Gasteiger partial charge on any atom is 0.328 e. The summed E-state index contributed by atoms with van der Waals surface area (Å²) in [6.07, 6.45) is 3.39. The van der Waals surface area contributed by atoms with Gasteiger partial charge in [0.25, 0.3) is 0 Å². The fourth-order valence-corrected chi connectivity index (χ4v) is 2.81. The number of carboxylic acids is 1. The van der Waals surface area contributed by atoms with E-state index in [0.29, 0.717) is 0 Å². The Kier molecular flexibility index (Phi) is 3.93. The lowest BCUT2D eigenvalue weighted by atomic mass is 10.3. The number of aliphatic hydroxyl groups is 1. The fourth-order valence-electron chi connectivity index (χ4n) is 1.91. The number of rotatable bonds is 4. The minimum absolute atomic E-state index is 0.193. The van der Waals surface area contributed by atoms with Gasteiger partial charge in [-0.15, -0.1) is 11.3 Å². The highest BCUT2D eigenvalue weighted by atomic mass is 32.1. The van der Waals surface area contributed by atoms with Gasteiger partial charge in [-0.25, -0.2) is 4.79 Å².